The molecule has 182 valence electrons. The highest BCUT2D eigenvalue weighted by Gasteiger charge is 2.23. The maximum Gasteiger partial charge on any atom is 0.258 e. The Balaban J connectivity index is 0.00000324. The Hall–Kier alpha value is -2.75. The summed E-state index contributed by atoms with van der Waals surface area (Å²) >= 11 is 0. The van der Waals surface area contributed by atoms with Crippen molar-refractivity contribution in [1.29, 1.82) is 0 Å². The van der Waals surface area contributed by atoms with E-state index in [1.54, 1.807) is 0 Å². The molecule has 0 atom stereocenters. The molecule has 1 aliphatic carbocycles. The van der Waals surface area contributed by atoms with Crippen LogP contribution in [0, 0.1) is 0 Å². The Morgan fingerprint density at radius 1 is 1.09 bits per heavy atom. The van der Waals surface area contributed by atoms with E-state index < -0.39 is 0 Å². The fourth-order valence-electron chi connectivity index (χ4n) is 3.69. The van der Waals surface area contributed by atoms with Gasteiger partial charge in [-0.2, -0.15) is 0 Å². The number of fused-ring (bicyclic) bond motifs is 1. The fourth-order valence-corrected chi connectivity index (χ4v) is 3.69. The van der Waals surface area contributed by atoms with Gasteiger partial charge in [0, 0.05) is 42.8 Å². The minimum Gasteiger partial charge on any atom is -0.484 e. The predicted octanol–water partition coefficient (Wildman–Crippen LogP) is 3.78. The van der Waals surface area contributed by atoms with Crippen LogP contribution in [0.15, 0.2) is 59.7 Å². The molecule has 1 saturated carbocycles. The number of nitrogens with one attached hydrogen (secondary N) is 4. The average molecular weight is 575 g/mol. The van der Waals surface area contributed by atoms with Crippen molar-refractivity contribution in [2.24, 2.45) is 4.99 Å². The largest absolute Gasteiger partial charge is 0.484 e. The number of guanidine groups is 1. The van der Waals surface area contributed by atoms with Crippen LogP contribution in [0.4, 0.5) is 0 Å². The van der Waals surface area contributed by atoms with Crippen LogP contribution < -0.4 is 20.7 Å². The van der Waals surface area contributed by atoms with Crippen molar-refractivity contribution in [3.8, 4) is 5.75 Å². The van der Waals surface area contributed by atoms with Crippen LogP contribution >= 0.6 is 24.0 Å². The van der Waals surface area contributed by atoms with Gasteiger partial charge in [0.2, 0.25) is 0 Å². The topological polar surface area (TPSA) is 90.5 Å². The summed E-state index contributed by atoms with van der Waals surface area (Å²) in [6.07, 6.45) is 6.00. The Morgan fingerprint density at radius 2 is 1.88 bits per heavy atom. The normalized spacial score (nSPS) is 13.3. The van der Waals surface area contributed by atoms with Crippen molar-refractivity contribution < 1.29 is 9.53 Å². The van der Waals surface area contributed by atoms with Gasteiger partial charge < -0.3 is 25.7 Å². The third kappa shape index (κ3) is 7.93. The summed E-state index contributed by atoms with van der Waals surface area (Å²) in [4.78, 5) is 19.8. The van der Waals surface area contributed by atoms with Crippen LogP contribution in [-0.4, -0.2) is 49.1 Å². The first kappa shape index (κ1) is 25.9. The molecule has 1 aliphatic rings. The van der Waals surface area contributed by atoms with E-state index in [4.69, 9.17) is 9.73 Å². The van der Waals surface area contributed by atoms with Gasteiger partial charge in [0.25, 0.3) is 5.91 Å². The molecule has 0 bridgehead atoms. The van der Waals surface area contributed by atoms with Crippen LogP contribution in [0.25, 0.3) is 10.9 Å². The first-order valence-corrected chi connectivity index (χ1v) is 11.8. The molecule has 1 heterocycles. The zero-order chi connectivity index (χ0) is 22.9. The second-order valence-electron chi connectivity index (χ2n) is 8.32. The van der Waals surface area contributed by atoms with Crippen molar-refractivity contribution in [2.45, 2.75) is 38.6 Å². The van der Waals surface area contributed by atoms with Gasteiger partial charge in [-0.25, -0.2) is 0 Å². The van der Waals surface area contributed by atoms with Gasteiger partial charge in [0.05, 0.1) is 0 Å². The number of aromatic amines is 1. The molecular weight excluding hydrogens is 541 g/mol. The van der Waals surface area contributed by atoms with Gasteiger partial charge in [-0.3, -0.25) is 9.79 Å². The molecule has 7 nitrogen and oxygen atoms in total. The maximum absolute atomic E-state index is 11.7. The molecular formula is C26H34IN5O2. The van der Waals surface area contributed by atoms with Crippen molar-refractivity contribution in [1.82, 2.24) is 20.9 Å². The number of benzene rings is 2. The molecule has 0 saturated heterocycles. The monoisotopic (exact) mass is 575 g/mol. The molecule has 0 spiro atoms. The third-order valence-electron chi connectivity index (χ3n) is 5.61. The molecule has 3 aromatic rings. The number of H-pyrrole nitrogens is 1. The highest BCUT2D eigenvalue weighted by molar-refractivity contribution is 14.0. The Morgan fingerprint density at radius 3 is 2.65 bits per heavy atom. The fraction of sp³-hybridized carbons (Fsp3) is 0.385. The molecule has 4 N–H and O–H groups in total. The highest BCUT2D eigenvalue weighted by Crippen LogP contribution is 2.19. The lowest BCUT2D eigenvalue weighted by molar-refractivity contribution is -0.123. The lowest BCUT2D eigenvalue weighted by atomic mass is 10.1. The minimum absolute atomic E-state index is 0. The van der Waals surface area contributed by atoms with Gasteiger partial charge in [-0.15, -0.1) is 24.0 Å². The molecule has 8 heteroatoms. The maximum atomic E-state index is 11.7. The van der Waals surface area contributed by atoms with Gasteiger partial charge in [0.15, 0.2) is 12.6 Å². The second kappa shape index (κ2) is 13.2. The van der Waals surface area contributed by atoms with Crippen LogP contribution in [0.5, 0.6) is 5.75 Å². The quantitative estimate of drug-likeness (QED) is 0.159. The first-order chi connectivity index (χ1) is 16.2. The summed E-state index contributed by atoms with van der Waals surface area (Å²) in [5, 5.41) is 10.9. The summed E-state index contributed by atoms with van der Waals surface area (Å²) in [6, 6.07) is 16.6. The zero-order valence-corrected chi connectivity index (χ0v) is 21.9. The van der Waals surface area contributed by atoms with Crippen LogP contribution in [0.2, 0.25) is 0 Å². The summed E-state index contributed by atoms with van der Waals surface area (Å²) in [7, 11) is 0. The number of amides is 1. The van der Waals surface area contributed by atoms with Crippen LogP contribution in [0.1, 0.15) is 30.9 Å². The van der Waals surface area contributed by atoms with E-state index >= 15 is 0 Å². The highest BCUT2D eigenvalue weighted by atomic mass is 127. The zero-order valence-electron chi connectivity index (χ0n) is 19.6. The van der Waals surface area contributed by atoms with E-state index in [0.29, 0.717) is 11.8 Å². The summed E-state index contributed by atoms with van der Waals surface area (Å²) in [6.45, 7) is 4.46. The first-order valence-electron chi connectivity index (χ1n) is 11.8. The molecule has 34 heavy (non-hydrogen) atoms. The number of nitrogens with zero attached hydrogens (tertiary/aromatic N) is 1. The number of para-hydroxylation sites is 1. The summed E-state index contributed by atoms with van der Waals surface area (Å²) < 4.78 is 5.57. The SMILES string of the molecule is CCNC(=NCCc1c[nH]c2ccccc12)NCCc1ccc(OCC(=O)NC2CC2)cc1.I. The molecule has 4 rings (SSSR count). The number of aromatic nitrogens is 1. The number of carbonyl (C=O) groups is 1. The van der Waals surface area contributed by atoms with Gasteiger partial charge >= 0.3 is 0 Å². The van der Waals surface area contributed by atoms with E-state index in [2.05, 4.69) is 52.3 Å². The van der Waals surface area contributed by atoms with E-state index in [-0.39, 0.29) is 36.5 Å². The van der Waals surface area contributed by atoms with E-state index in [1.807, 2.05) is 30.3 Å². The summed E-state index contributed by atoms with van der Waals surface area (Å²) in [5.74, 6) is 1.49. The van der Waals surface area contributed by atoms with Crippen molar-refractivity contribution >= 4 is 46.7 Å². The minimum atomic E-state index is -0.0503. The molecule has 1 amide bonds. The number of rotatable bonds is 11. The Kier molecular flexibility index (Phi) is 10.1. The van der Waals surface area contributed by atoms with Gasteiger partial charge in [-0.1, -0.05) is 30.3 Å². The molecule has 1 aromatic heterocycles. The number of carbonyl (C=O) groups excluding carboxylic acids is 1. The Bertz CT molecular complexity index is 1080. The van der Waals surface area contributed by atoms with Crippen LogP contribution in [0.3, 0.4) is 0 Å². The average Bonchev–Trinajstić information content (AvgIpc) is 3.55. The van der Waals surface area contributed by atoms with Crippen LogP contribution in [-0.2, 0) is 17.6 Å². The van der Waals surface area contributed by atoms with E-state index in [1.165, 1.54) is 22.0 Å². The lowest BCUT2D eigenvalue weighted by Crippen LogP contribution is -2.38. The van der Waals surface area contributed by atoms with Crippen molar-refractivity contribution in [2.75, 3.05) is 26.2 Å². The molecule has 0 aliphatic heterocycles. The van der Waals surface area contributed by atoms with Crippen molar-refractivity contribution in [3.63, 3.8) is 0 Å². The number of aliphatic imine (C=N–C) groups is 1. The van der Waals surface area contributed by atoms with E-state index in [9.17, 15) is 4.79 Å². The number of halogens is 1. The van der Waals surface area contributed by atoms with Crippen molar-refractivity contribution in [3.05, 3.63) is 65.9 Å². The lowest BCUT2D eigenvalue weighted by Gasteiger charge is -2.12. The smallest absolute Gasteiger partial charge is 0.258 e. The molecule has 0 radical (unpaired) electrons. The molecule has 1 fully saturated rings. The number of hydrogen-bond donors (Lipinski definition) is 4. The molecule has 2 aromatic carbocycles. The standard InChI is InChI=1S/C26H33N5O2.HI/c1-2-27-26(29-16-14-20-17-30-24-6-4-3-5-23(20)24)28-15-13-19-7-11-22(12-8-19)33-18-25(32)31-21-9-10-21;/h3-8,11-12,17,21,30H,2,9-10,13-16,18H2,1H3,(H,31,32)(H2,27,28,29);1H. The van der Waals surface area contributed by atoms with Gasteiger partial charge in [-0.05, 0) is 61.9 Å². The van der Waals surface area contributed by atoms with E-state index in [0.717, 1.165) is 51.3 Å². The number of hydrogen-bond acceptors (Lipinski definition) is 3. The summed E-state index contributed by atoms with van der Waals surface area (Å²) in [5.41, 5.74) is 3.66. The number of ether oxygens (including phenoxy) is 1. The second-order valence-corrected chi connectivity index (χ2v) is 8.32. The Labute approximate surface area is 218 Å². The third-order valence-corrected chi connectivity index (χ3v) is 5.61. The predicted molar refractivity (Wildman–Crippen MR) is 148 cm³/mol. The van der Waals surface area contributed by atoms with Gasteiger partial charge in [0.1, 0.15) is 5.75 Å². The molecule has 0 unspecified atom stereocenters.